The van der Waals surface area contributed by atoms with Crippen LogP contribution in [-0.2, 0) is 16.0 Å². The summed E-state index contributed by atoms with van der Waals surface area (Å²) in [4.78, 5) is 33.3. The third-order valence-corrected chi connectivity index (χ3v) is 5.55. The number of hydrogen-bond donors (Lipinski definition) is 1. The zero-order valence-corrected chi connectivity index (χ0v) is 17.0. The minimum absolute atomic E-state index is 0.0405. The lowest BCUT2D eigenvalue weighted by Crippen LogP contribution is -2.41. The van der Waals surface area contributed by atoms with Gasteiger partial charge in [-0.15, -0.1) is 0 Å². The number of ether oxygens (including phenoxy) is 1. The van der Waals surface area contributed by atoms with Gasteiger partial charge >= 0.3 is 0 Å². The lowest BCUT2D eigenvalue weighted by Gasteiger charge is -2.27. The molecule has 2 amide bonds. The summed E-state index contributed by atoms with van der Waals surface area (Å²) in [7, 11) is 0. The Kier molecular flexibility index (Phi) is 5.69. The standard InChI is InChI=1S/C21H23ClN4O3/c1-14(20(27)26-7-6-15-4-2-3-5-18(15)26)24-19-17(22)12-16(13-23-19)21(28)25-8-10-29-11-9-25/h2-5,12-14H,6-11H2,1H3,(H,23,24). The first-order valence-corrected chi connectivity index (χ1v) is 10.1. The summed E-state index contributed by atoms with van der Waals surface area (Å²) in [5.74, 6) is 0.229. The van der Waals surface area contributed by atoms with Gasteiger partial charge in [0.05, 0.1) is 23.8 Å². The van der Waals surface area contributed by atoms with Crippen LogP contribution in [0.15, 0.2) is 36.5 Å². The summed E-state index contributed by atoms with van der Waals surface area (Å²) < 4.78 is 5.28. The molecule has 0 radical (unpaired) electrons. The van der Waals surface area contributed by atoms with E-state index in [9.17, 15) is 9.59 Å². The first-order valence-electron chi connectivity index (χ1n) is 9.73. The van der Waals surface area contributed by atoms with Gasteiger partial charge in [0.2, 0.25) is 5.91 Å². The molecule has 152 valence electrons. The molecule has 1 fully saturated rings. The maximum atomic E-state index is 12.9. The molecule has 7 nitrogen and oxygen atoms in total. The predicted molar refractivity (Wildman–Crippen MR) is 112 cm³/mol. The summed E-state index contributed by atoms with van der Waals surface area (Å²) in [5, 5.41) is 3.39. The number of halogens is 1. The van der Waals surface area contributed by atoms with E-state index in [1.807, 2.05) is 24.3 Å². The largest absolute Gasteiger partial charge is 0.378 e. The molecular formula is C21H23ClN4O3. The number of rotatable bonds is 4. The van der Waals surface area contributed by atoms with Crippen molar-refractivity contribution in [2.75, 3.05) is 43.1 Å². The molecule has 8 heteroatoms. The Hall–Kier alpha value is -2.64. The van der Waals surface area contributed by atoms with Gasteiger partial charge in [-0.3, -0.25) is 9.59 Å². The molecule has 1 unspecified atom stereocenters. The fourth-order valence-corrected chi connectivity index (χ4v) is 3.90. The summed E-state index contributed by atoms with van der Waals surface area (Å²) in [6.45, 7) is 4.63. The van der Waals surface area contributed by atoms with Crippen LogP contribution in [0.1, 0.15) is 22.8 Å². The summed E-state index contributed by atoms with van der Waals surface area (Å²) in [5.41, 5.74) is 2.56. The maximum Gasteiger partial charge on any atom is 0.255 e. The summed E-state index contributed by atoms with van der Waals surface area (Å²) >= 11 is 6.36. The molecular weight excluding hydrogens is 392 g/mol. The third-order valence-electron chi connectivity index (χ3n) is 5.26. The van der Waals surface area contributed by atoms with Gasteiger partial charge in [0.1, 0.15) is 11.9 Å². The monoisotopic (exact) mass is 414 g/mol. The SMILES string of the molecule is CC(Nc1ncc(C(=O)N2CCOCC2)cc1Cl)C(=O)N1CCc2ccccc21. The minimum atomic E-state index is -0.507. The van der Waals surface area contributed by atoms with E-state index in [0.717, 1.165) is 12.1 Å². The molecule has 0 saturated carbocycles. The summed E-state index contributed by atoms with van der Waals surface area (Å²) in [6.07, 6.45) is 2.35. The molecule has 29 heavy (non-hydrogen) atoms. The van der Waals surface area contributed by atoms with E-state index in [2.05, 4.69) is 10.3 Å². The number of morpholine rings is 1. The number of para-hydroxylation sites is 1. The molecule has 2 aliphatic rings. The van der Waals surface area contributed by atoms with Crippen LogP contribution < -0.4 is 10.2 Å². The van der Waals surface area contributed by atoms with Crippen molar-refractivity contribution in [1.82, 2.24) is 9.88 Å². The minimum Gasteiger partial charge on any atom is -0.378 e. The predicted octanol–water partition coefficient (Wildman–Crippen LogP) is 2.60. The van der Waals surface area contributed by atoms with Crippen LogP contribution in [0.3, 0.4) is 0 Å². The molecule has 0 spiro atoms. The number of aromatic nitrogens is 1. The zero-order chi connectivity index (χ0) is 20.4. The molecule has 2 aliphatic heterocycles. The van der Waals surface area contributed by atoms with Gasteiger partial charge in [-0.1, -0.05) is 29.8 Å². The summed E-state index contributed by atoms with van der Waals surface area (Å²) in [6, 6.07) is 9.01. The average Bonchev–Trinajstić information content (AvgIpc) is 3.18. The number of hydrogen-bond acceptors (Lipinski definition) is 5. The Morgan fingerprint density at radius 2 is 1.97 bits per heavy atom. The lowest BCUT2D eigenvalue weighted by molar-refractivity contribution is -0.118. The van der Waals surface area contributed by atoms with Gasteiger partial charge in [-0.25, -0.2) is 4.98 Å². The van der Waals surface area contributed by atoms with E-state index in [0.29, 0.717) is 49.3 Å². The number of amides is 2. The highest BCUT2D eigenvalue weighted by atomic mass is 35.5. The number of pyridine rings is 1. The highest BCUT2D eigenvalue weighted by molar-refractivity contribution is 6.33. The molecule has 4 rings (SSSR count). The Labute approximate surface area is 174 Å². The van der Waals surface area contributed by atoms with Gasteiger partial charge in [-0.2, -0.15) is 0 Å². The van der Waals surface area contributed by atoms with Gasteiger partial charge in [0.25, 0.3) is 5.91 Å². The molecule has 0 aliphatic carbocycles. The Morgan fingerprint density at radius 3 is 2.72 bits per heavy atom. The smallest absolute Gasteiger partial charge is 0.255 e. The average molecular weight is 415 g/mol. The van der Waals surface area contributed by atoms with Crippen LogP contribution in [0, 0.1) is 0 Å². The van der Waals surface area contributed by atoms with Crippen LogP contribution in [0.2, 0.25) is 5.02 Å². The highest BCUT2D eigenvalue weighted by Crippen LogP contribution is 2.29. The first kappa shape index (κ1) is 19.7. The Morgan fingerprint density at radius 1 is 1.21 bits per heavy atom. The van der Waals surface area contributed by atoms with Crippen LogP contribution in [0.5, 0.6) is 0 Å². The van der Waals surface area contributed by atoms with E-state index in [-0.39, 0.29) is 11.8 Å². The number of anilines is 2. The molecule has 1 N–H and O–H groups in total. The number of nitrogens with one attached hydrogen (secondary N) is 1. The van der Waals surface area contributed by atoms with Crippen molar-refractivity contribution in [3.63, 3.8) is 0 Å². The van der Waals surface area contributed by atoms with Crippen molar-refractivity contribution < 1.29 is 14.3 Å². The van der Waals surface area contributed by atoms with Gasteiger partial charge in [-0.05, 0) is 31.0 Å². The van der Waals surface area contributed by atoms with Crippen LogP contribution in [-0.4, -0.2) is 60.6 Å². The number of carbonyl (C=O) groups excluding carboxylic acids is 2. The Balaban J connectivity index is 1.44. The number of benzene rings is 1. The molecule has 3 heterocycles. The van der Waals surface area contributed by atoms with Gasteiger partial charge in [0, 0.05) is 31.5 Å². The van der Waals surface area contributed by atoms with E-state index < -0.39 is 6.04 Å². The van der Waals surface area contributed by atoms with E-state index in [1.165, 1.54) is 11.8 Å². The zero-order valence-electron chi connectivity index (χ0n) is 16.2. The second kappa shape index (κ2) is 8.39. The van der Waals surface area contributed by atoms with Crippen LogP contribution in [0.25, 0.3) is 0 Å². The van der Waals surface area contributed by atoms with Gasteiger partial charge < -0.3 is 19.9 Å². The Bertz CT molecular complexity index is 930. The third kappa shape index (κ3) is 4.06. The fraction of sp³-hybridized carbons (Fsp3) is 0.381. The van der Waals surface area contributed by atoms with E-state index in [4.69, 9.17) is 16.3 Å². The number of fused-ring (bicyclic) bond motifs is 1. The molecule has 2 aromatic rings. The molecule has 1 saturated heterocycles. The van der Waals surface area contributed by atoms with E-state index in [1.54, 1.807) is 22.8 Å². The lowest BCUT2D eigenvalue weighted by atomic mass is 10.2. The number of nitrogens with zero attached hydrogens (tertiary/aromatic N) is 3. The van der Waals surface area contributed by atoms with E-state index >= 15 is 0 Å². The molecule has 1 aromatic heterocycles. The molecule has 0 bridgehead atoms. The van der Waals surface area contributed by atoms with Crippen molar-refractivity contribution >= 4 is 34.9 Å². The van der Waals surface area contributed by atoms with Gasteiger partial charge in [0.15, 0.2) is 0 Å². The second-order valence-corrected chi connectivity index (χ2v) is 7.60. The van der Waals surface area contributed by atoms with Crippen molar-refractivity contribution in [2.24, 2.45) is 0 Å². The molecule has 1 aromatic carbocycles. The normalized spacial score (nSPS) is 17.0. The van der Waals surface area contributed by atoms with Crippen molar-refractivity contribution in [2.45, 2.75) is 19.4 Å². The van der Waals surface area contributed by atoms with Crippen LogP contribution >= 0.6 is 11.6 Å². The fourth-order valence-electron chi connectivity index (χ4n) is 3.68. The van der Waals surface area contributed by atoms with Crippen LogP contribution in [0.4, 0.5) is 11.5 Å². The van der Waals surface area contributed by atoms with Crippen molar-refractivity contribution in [1.29, 1.82) is 0 Å². The highest BCUT2D eigenvalue weighted by Gasteiger charge is 2.28. The second-order valence-electron chi connectivity index (χ2n) is 7.19. The number of carbonyl (C=O) groups is 2. The topological polar surface area (TPSA) is 74.8 Å². The van der Waals surface area contributed by atoms with Crippen molar-refractivity contribution in [3.05, 3.63) is 52.7 Å². The molecule has 1 atom stereocenters. The van der Waals surface area contributed by atoms with Crippen molar-refractivity contribution in [3.8, 4) is 0 Å². The quantitative estimate of drug-likeness (QED) is 0.832. The maximum absolute atomic E-state index is 12.9. The first-order chi connectivity index (χ1) is 14.0.